The Morgan fingerprint density at radius 3 is 2.69 bits per heavy atom. The molecule has 2 aliphatic rings. The Balaban J connectivity index is 1.18. The Morgan fingerprint density at radius 1 is 1.10 bits per heavy atom. The van der Waals surface area contributed by atoms with Crippen molar-refractivity contribution in [1.82, 2.24) is 30.2 Å². The number of aliphatic hydroxyl groups excluding tert-OH is 2. The van der Waals surface area contributed by atoms with Crippen LogP contribution in [-0.4, -0.2) is 72.7 Å². The molecule has 1 saturated heterocycles. The van der Waals surface area contributed by atoms with Crippen LogP contribution in [0.2, 0.25) is 0 Å². The standard InChI is InChI=1S/C27H27N7O8/c28-27-32-22-18(24(38)33-27)30-11-34(22)26-20(36)19(35)21(42-26)25(39)31-15(8-13-4-2-1-3-5-13)23(37)29-10-14-6-7-16-17(9-14)41-12-40-16/h1-7,9,11,15,19-21,26,35-36H,8,10,12H2,(H,29,37)(H,31,39)(H3,28,32,33,38)/t15-,19+,20-,21+,26-/m1/s1. The number of nitrogen functional groups attached to an aromatic ring is 1. The van der Waals surface area contributed by atoms with Crippen LogP contribution in [-0.2, 0) is 27.3 Å². The number of H-pyrrole nitrogens is 1. The molecular formula is C27H27N7O8. The summed E-state index contributed by atoms with van der Waals surface area (Å²) in [5.74, 6) is -0.298. The molecule has 2 aromatic carbocycles. The molecule has 1 fully saturated rings. The number of nitrogens with zero attached hydrogens (tertiary/aromatic N) is 3. The monoisotopic (exact) mass is 577 g/mol. The maximum Gasteiger partial charge on any atom is 0.280 e. The van der Waals surface area contributed by atoms with Crippen molar-refractivity contribution in [3.05, 3.63) is 76.3 Å². The maximum atomic E-state index is 13.4. The maximum absolute atomic E-state index is 13.4. The molecule has 0 radical (unpaired) electrons. The van der Waals surface area contributed by atoms with E-state index in [0.717, 1.165) is 11.1 Å². The van der Waals surface area contributed by atoms with Gasteiger partial charge in [-0.25, -0.2) is 4.98 Å². The minimum absolute atomic E-state index is 0.00147. The van der Waals surface area contributed by atoms with Crippen LogP contribution in [0.25, 0.3) is 11.2 Å². The molecule has 218 valence electrons. The van der Waals surface area contributed by atoms with Crippen LogP contribution in [0.5, 0.6) is 11.5 Å². The molecule has 0 unspecified atom stereocenters. The number of nitrogens with two attached hydrogens (primary N) is 1. The highest BCUT2D eigenvalue weighted by atomic mass is 16.7. The number of benzene rings is 2. The number of aromatic amines is 1. The molecule has 7 N–H and O–H groups in total. The van der Waals surface area contributed by atoms with Gasteiger partial charge in [0, 0.05) is 13.0 Å². The highest BCUT2D eigenvalue weighted by Gasteiger charge is 2.48. The lowest BCUT2D eigenvalue weighted by Gasteiger charge is -2.22. The zero-order valence-electron chi connectivity index (χ0n) is 22.0. The average molecular weight is 578 g/mol. The molecule has 2 amide bonds. The summed E-state index contributed by atoms with van der Waals surface area (Å²) in [6, 6.07) is 13.3. The zero-order valence-corrected chi connectivity index (χ0v) is 22.0. The number of carbonyl (C=O) groups is 2. The molecule has 0 spiro atoms. The second-order valence-electron chi connectivity index (χ2n) is 9.86. The van der Waals surface area contributed by atoms with Crippen LogP contribution in [0.15, 0.2) is 59.7 Å². The number of aliphatic hydroxyl groups is 2. The molecule has 15 heteroatoms. The van der Waals surface area contributed by atoms with Gasteiger partial charge in [-0.05, 0) is 23.3 Å². The third-order valence-electron chi connectivity index (χ3n) is 7.04. The van der Waals surface area contributed by atoms with Gasteiger partial charge in [-0.1, -0.05) is 36.4 Å². The highest BCUT2D eigenvalue weighted by molar-refractivity contribution is 5.90. The molecule has 6 rings (SSSR count). The molecule has 0 bridgehead atoms. The van der Waals surface area contributed by atoms with E-state index in [9.17, 15) is 24.6 Å². The first kappa shape index (κ1) is 27.2. The van der Waals surface area contributed by atoms with Crippen LogP contribution >= 0.6 is 0 Å². The lowest BCUT2D eigenvalue weighted by molar-refractivity contribution is -0.140. The minimum Gasteiger partial charge on any atom is -0.454 e. The Morgan fingerprint density at radius 2 is 1.88 bits per heavy atom. The first-order valence-corrected chi connectivity index (χ1v) is 13.0. The van der Waals surface area contributed by atoms with Crippen molar-refractivity contribution in [3.63, 3.8) is 0 Å². The highest BCUT2D eigenvalue weighted by Crippen LogP contribution is 2.33. The van der Waals surface area contributed by atoms with Crippen molar-refractivity contribution in [2.24, 2.45) is 0 Å². The molecule has 4 aromatic rings. The second-order valence-corrected chi connectivity index (χ2v) is 9.86. The molecule has 42 heavy (non-hydrogen) atoms. The third-order valence-corrected chi connectivity index (χ3v) is 7.04. The summed E-state index contributed by atoms with van der Waals surface area (Å²) in [4.78, 5) is 49.2. The van der Waals surface area contributed by atoms with E-state index in [-0.39, 0.29) is 36.9 Å². The van der Waals surface area contributed by atoms with Crippen molar-refractivity contribution in [2.45, 2.75) is 43.5 Å². The SMILES string of the molecule is Nc1nc2c(ncn2[C@@H]2O[C@H](C(=O)N[C@H](Cc3ccccc3)C(=O)NCc3ccc4c(c3)OCO4)[C@@H](O)[C@H]2O)c(=O)[nH]1. The summed E-state index contributed by atoms with van der Waals surface area (Å²) in [7, 11) is 0. The number of hydrogen-bond acceptors (Lipinski definition) is 11. The van der Waals surface area contributed by atoms with Crippen molar-refractivity contribution in [2.75, 3.05) is 12.5 Å². The van der Waals surface area contributed by atoms with Crippen molar-refractivity contribution >= 4 is 28.9 Å². The molecule has 0 saturated carbocycles. The van der Waals surface area contributed by atoms with Gasteiger partial charge in [0.15, 0.2) is 35.0 Å². The fourth-order valence-corrected chi connectivity index (χ4v) is 4.91. The summed E-state index contributed by atoms with van der Waals surface area (Å²) in [6.07, 6.45) is -4.79. The normalized spacial score (nSPS) is 21.8. The van der Waals surface area contributed by atoms with Gasteiger partial charge in [0.25, 0.3) is 11.5 Å². The Kier molecular flexibility index (Phi) is 7.20. The van der Waals surface area contributed by atoms with E-state index >= 15 is 0 Å². The van der Waals surface area contributed by atoms with Gasteiger partial charge in [0.1, 0.15) is 18.2 Å². The quantitative estimate of drug-likeness (QED) is 0.151. The minimum atomic E-state index is -1.67. The molecule has 0 aliphatic carbocycles. The largest absolute Gasteiger partial charge is 0.454 e. The summed E-state index contributed by atoms with van der Waals surface area (Å²) < 4.78 is 17.7. The van der Waals surface area contributed by atoms with Gasteiger partial charge in [-0.3, -0.25) is 23.9 Å². The molecule has 4 heterocycles. The van der Waals surface area contributed by atoms with E-state index in [1.165, 1.54) is 10.9 Å². The van der Waals surface area contributed by atoms with Crippen LogP contribution < -0.4 is 31.4 Å². The Bertz CT molecular complexity index is 1690. The Labute approximate surface area is 237 Å². The fraction of sp³-hybridized carbons (Fsp3) is 0.296. The lowest BCUT2D eigenvalue weighted by Crippen LogP contribution is -2.52. The van der Waals surface area contributed by atoms with Gasteiger partial charge in [-0.2, -0.15) is 4.98 Å². The lowest BCUT2D eigenvalue weighted by atomic mass is 10.0. The summed E-state index contributed by atoms with van der Waals surface area (Å²) in [5.41, 5.74) is 6.52. The number of fused-ring (bicyclic) bond motifs is 2. The fourth-order valence-electron chi connectivity index (χ4n) is 4.91. The third kappa shape index (κ3) is 5.23. The van der Waals surface area contributed by atoms with Gasteiger partial charge >= 0.3 is 0 Å². The number of anilines is 1. The average Bonchev–Trinajstić information content (AvgIpc) is 3.69. The van der Waals surface area contributed by atoms with Gasteiger partial charge in [-0.15, -0.1) is 0 Å². The number of carbonyl (C=O) groups excluding carboxylic acids is 2. The number of ether oxygens (including phenoxy) is 3. The molecule has 2 aliphatic heterocycles. The number of imidazole rings is 1. The van der Waals surface area contributed by atoms with E-state index in [1.54, 1.807) is 18.2 Å². The van der Waals surface area contributed by atoms with Gasteiger partial charge in [0.2, 0.25) is 18.6 Å². The summed E-state index contributed by atoms with van der Waals surface area (Å²) in [5, 5.41) is 27.0. The molecule has 2 aromatic heterocycles. The van der Waals surface area contributed by atoms with Gasteiger partial charge < -0.3 is 40.8 Å². The van der Waals surface area contributed by atoms with Crippen LogP contribution in [0.1, 0.15) is 17.4 Å². The van der Waals surface area contributed by atoms with E-state index in [0.29, 0.717) is 11.5 Å². The topological polar surface area (TPSA) is 216 Å². The van der Waals surface area contributed by atoms with Crippen LogP contribution in [0.4, 0.5) is 5.95 Å². The van der Waals surface area contributed by atoms with Crippen LogP contribution in [0.3, 0.4) is 0 Å². The summed E-state index contributed by atoms with van der Waals surface area (Å²) in [6.45, 7) is 0.282. The van der Waals surface area contributed by atoms with Crippen molar-refractivity contribution in [1.29, 1.82) is 0 Å². The van der Waals surface area contributed by atoms with E-state index in [1.807, 2.05) is 30.3 Å². The number of aromatic nitrogens is 4. The first-order chi connectivity index (χ1) is 20.3. The number of rotatable bonds is 8. The summed E-state index contributed by atoms with van der Waals surface area (Å²) >= 11 is 0. The molecule has 5 atom stereocenters. The smallest absolute Gasteiger partial charge is 0.280 e. The Hall–Kier alpha value is -4.99. The first-order valence-electron chi connectivity index (χ1n) is 13.0. The van der Waals surface area contributed by atoms with Crippen molar-refractivity contribution < 1.29 is 34.0 Å². The predicted molar refractivity (Wildman–Crippen MR) is 145 cm³/mol. The van der Waals surface area contributed by atoms with Gasteiger partial charge in [0.05, 0.1) is 6.33 Å². The van der Waals surface area contributed by atoms with Crippen molar-refractivity contribution in [3.8, 4) is 11.5 Å². The van der Waals surface area contributed by atoms with Crippen LogP contribution in [0, 0.1) is 0 Å². The van der Waals surface area contributed by atoms with E-state index in [2.05, 4.69) is 25.6 Å². The molecule has 15 nitrogen and oxygen atoms in total. The number of nitrogens with one attached hydrogen (secondary N) is 3. The second kappa shape index (κ2) is 11.1. The molecular weight excluding hydrogens is 550 g/mol. The number of amides is 2. The predicted octanol–water partition coefficient (Wildman–Crippen LogP) is -0.906. The van der Waals surface area contributed by atoms with E-state index < -0.39 is 48.0 Å². The van der Waals surface area contributed by atoms with E-state index in [4.69, 9.17) is 19.9 Å². The number of hydrogen-bond donors (Lipinski definition) is 6. The zero-order chi connectivity index (χ0) is 29.4.